The van der Waals surface area contributed by atoms with Gasteiger partial charge in [-0.05, 0) is 114 Å². The molecule has 2 saturated carbocycles. The van der Waals surface area contributed by atoms with Gasteiger partial charge >= 0.3 is 0 Å². The van der Waals surface area contributed by atoms with E-state index in [1.54, 1.807) is 14.2 Å². The molecule has 3 aliphatic carbocycles. The zero-order chi connectivity index (χ0) is 30.1. The number of benzene rings is 4. The Labute approximate surface area is 256 Å². The maximum atomic E-state index is 11.9. The van der Waals surface area contributed by atoms with E-state index in [-0.39, 0.29) is 22.3 Å². The number of fused-ring (bicyclic) bond motifs is 7. The summed E-state index contributed by atoms with van der Waals surface area (Å²) < 4.78 is 18.2. The van der Waals surface area contributed by atoms with Crippen molar-refractivity contribution in [2.45, 2.75) is 84.2 Å². The second-order valence-electron chi connectivity index (χ2n) is 14.8. The zero-order valence-corrected chi connectivity index (χ0v) is 26.5. The van der Waals surface area contributed by atoms with Crippen molar-refractivity contribution in [3.8, 4) is 45.3 Å². The Morgan fingerprint density at radius 2 is 1.40 bits per heavy atom. The minimum atomic E-state index is -0.146. The quantitative estimate of drug-likeness (QED) is 0.257. The minimum Gasteiger partial charge on any atom is -0.507 e. The third kappa shape index (κ3) is 4.56. The molecule has 1 spiro atoms. The van der Waals surface area contributed by atoms with Crippen molar-refractivity contribution in [2.75, 3.05) is 14.2 Å². The van der Waals surface area contributed by atoms with Crippen molar-refractivity contribution in [3.63, 3.8) is 0 Å². The van der Waals surface area contributed by atoms with Crippen LogP contribution in [0, 0.1) is 10.8 Å². The fraction of sp³-hybridized carbons (Fsp3) is 0.436. The largest absolute Gasteiger partial charge is 0.507 e. The minimum absolute atomic E-state index is 0.146. The van der Waals surface area contributed by atoms with E-state index < -0.39 is 0 Å². The van der Waals surface area contributed by atoms with E-state index >= 15 is 0 Å². The van der Waals surface area contributed by atoms with Gasteiger partial charge in [-0.2, -0.15) is 0 Å². The lowest BCUT2D eigenvalue weighted by atomic mass is 9.52. The number of ether oxygens (including phenoxy) is 3. The van der Waals surface area contributed by atoms with Crippen LogP contribution in [0.25, 0.3) is 33.0 Å². The molecule has 4 nitrogen and oxygen atoms in total. The molecular weight excluding hydrogens is 532 g/mol. The zero-order valence-electron chi connectivity index (χ0n) is 26.5. The summed E-state index contributed by atoms with van der Waals surface area (Å²) in [5.41, 5.74) is 7.25. The Morgan fingerprint density at radius 3 is 2.09 bits per heavy atom. The van der Waals surface area contributed by atoms with E-state index in [9.17, 15) is 5.11 Å². The van der Waals surface area contributed by atoms with Crippen molar-refractivity contribution in [3.05, 3.63) is 71.8 Å². The van der Waals surface area contributed by atoms with Crippen LogP contribution < -0.4 is 14.2 Å². The van der Waals surface area contributed by atoms with Gasteiger partial charge in [-0.25, -0.2) is 0 Å². The molecular formula is C39H44O4. The molecule has 43 heavy (non-hydrogen) atoms. The van der Waals surface area contributed by atoms with Gasteiger partial charge in [0, 0.05) is 28.0 Å². The van der Waals surface area contributed by atoms with Gasteiger partial charge < -0.3 is 19.3 Å². The van der Waals surface area contributed by atoms with Gasteiger partial charge in [-0.1, -0.05) is 52.0 Å². The van der Waals surface area contributed by atoms with Gasteiger partial charge in [0.25, 0.3) is 0 Å². The lowest BCUT2D eigenvalue weighted by Crippen LogP contribution is -2.43. The van der Waals surface area contributed by atoms with Crippen LogP contribution in [0.3, 0.4) is 0 Å². The lowest BCUT2D eigenvalue weighted by molar-refractivity contribution is 0.0645. The molecule has 0 amide bonds. The summed E-state index contributed by atoms with van der Waals surface area (Å²) >= 11 is 0. The first-order chi connectivity index (χ1) is 20.5. The van der Waals surface area contributed by atoms with E-state index in [0.29, 0.717) is 11.5 Å². The highest BCUT2D eigenvalue weighted by atomic mass is 16.5. The van der Waals surface area contributed by atoms with Crippen molar-refractivity contribution < 1.29 is 19.3 Å². The summed E-state index contributed by atoms with van der Waals surface area (Å²) in [6.45, 7) is 9.66. The van der Waals surface area contributed by atoms with Gasteiger partial charge in [0.15, 0.2) is 0 Å². The van der Waals surface area contributed by atoms with Crippen molar-refractivity contribution in [1.29, 1.82) is 0 Å². The molecule has 4 aromatic rings. The van der Waals surface area contributed by atoms with E-state index in [2.05, 4.69) is 70.2 Å². The molecule has 4 aromatic carbocycles. The molecule has 7 rings (SSSR count). The lowest BCUT2D eigenvalue weighted by Gasteiger charge is -2.51. The number of hydrogen-bond acceptors (Lipinski definition) is 4. The molecule has 0 saturated heterocycles. The molecule has 0 atom stereocenters. The first kappa shape index (κ1) is 28.1. The van der Waals surface area contributed by atoms with Crippen LogP contribution in [-0.4, -0.2) is 25.4 Å². The molecule has 224 valence electrons. The first-order valence-electron chi connectivity index (χ1n) is 15.9. The van der Waals surface area contributed by atoms with Crippen LogP contribution in [0.2, 0.25) is 0 Å². The van der Waals surface area contributed by atoms with Crippen LogP contribution in [0.15, 0.2) is 60.7 Å². The van der Waals surface area contributed by atoms with Crippen molar-refractivity contribution in [1.82, 2.24) is 0 Å². The highest BCUT2D eigenvalue weighted by Gasteiger charge is 2.53. The Bertz CT molecular complexity index is 1710. The van der Waals surface area contributed by atoms with E-state index in [0.717, 1.165) is 59.1 Å². The van der Waals surface area contributed by atoms with Crippen molar-refractivity contribution >= 4 is 10.8 Å². The molecule has 1 N–H and O–H groups in total. The summed E-state index contributed by atoms with van der Waals surface area (Å²) in [4.78, 5) is 0. The van der Waals surface area contributed by atoms with Gasteiger partial charge in [0.2, 0.25) is 0 Å². The number of phenols is 1. The van der Waals surface area contributed by atoms with Crippen LogP contribution >= 0.6 is 0 Å². The maximum absolute atomic E-state index is 11.9. The summed E-state index contributed by atoms with van der Waals surface area (Å²) in [5.74, 6) is 2.62. The molecule has 2 fully saturated rings. The summed E-state index contributed by atoms with van der Waals surface area (Å²) in [6.07, 6.45) is 8.00. The van der Waals surface area contributed by atoms with E-state index in [1.807, 2.05) is 18.2 Å². The van der Waals surface area contributed by atoms with Gasteiger partial charge in [-0.15, -0.1) is 0 Å². The standard InChI is InChI=1S/C39H44O4/c1-37(2)21-38(3,4)23-39(22-37)31-14-10-9-13-27(31)36-30-19-35(43-24-11-7-8-12-24)29(18-28(30)33(40)20-32(36)39)26-16-15-25(41-5)17-34(26)42-6/h9-10,13-20,24,40H,7-8,11-12,21-23H2,1-6H3. The van der Waals surface area contributed by atoms with Gasteiger partial charge in [0.1, 0.15) is 23.0 Å². The molecule has 0 bridgehead atoms. The molecule has 0 heterocycles. The molecule has 0 aromatic heterocycles. The molecule has 0 aliphatic heterocycles. The summed E-state index contributed by atoms with van der Waals surface area (Å²) in [5, 5.41) is 13.8. The van der Waals surface area contributed by atoms with E-state index in [4.69, 9.17) is 14.2 Å². The number of methoxy groups -OCH3 is 2. The Morgan fingerprint density at radius 1 is 0.674 bits per heavy atom. The van der Waals surface area contributed by atoms with Gasteiger partial charge in [0.05, 0.1) is 20.3 Å². The van der Waals surface area contributed by atoms with Crippen LogP contribution in [0.5, 0.6) is 23.0 Å². The predicted molar refractivity (Wildman–Crippen MR) is 175 cm³/mol. The summed E-state index contributed by atoms with van der Waals surface area (Å²) in [6, 6.07) is 21.3. The van der Waals surface area contributed by atoms with Gasteiger partial charge in [-0.3, -0.25) is 0 Å². The van der Waals surface area contributed by atoms with Crippen LogP contribution in [0.1, 0.15) is 83.8 Å². The Balaban J connectivity index is 1.52. The summed E-state index contributed by atoms with van der Waals surface area (Å²) in [7, 11) is 3.35. The number of hydrogen-bond donors (Lipinski definition) is 1. The third-order valence-corrected chi connectivity index (χ3v) is 10.3. The third-order valence-electron chi connectivity index (χ3n) is 10.3. The highest BCUT2D eigenvalue weighted by molar-refractivity contribution is 6.08. The second kappa shape index (κ2) is 9.94. The average Bonchev–Trinajstić information content (AvgIpc) is 3.56. The normalized spacial score (nSPS) is 19.8. The molecule has 4 heteroatoms. The Hall–Kier alpha value is -3.66. The smallest absolute Gasteiger partial charge is 0.130 e. The monoisotopic (exact) mass is 576 g/mol. The molecule has 0 unspecified atom stereocenters. The predicted octanol–water partition coefficient (Wildman–Crippen LogP) is 10.1. The molecule has 3 aliphatic rings. The SMILES string of the molecule is COc1ccc(-c2cc3c(O)cc4c(c3cc2OC2CCCC2)-c2ccccc2C42CC(C)(C)CC(C)(C)C2)c(OC)c1. The fourth-order valence-electron chi connectivity index (χ4n) is 9.37. The topological polar surface area (TPSA) is 47.9 Å². The highest BCUT2D eigenvalue weighted by Crippen LogP contribution is 2.65. The number of rotatable bonds is 5. The fourth-order valence-corrected chi connectivity index (χ4v) is 9.37. The van der Waals surface area contributed by atoms with Crippen molar-refractivity contribution in [2.24, 2.45) is 10.8 Å². The number of phenolic OH excluding ortho intramolecular Hbond substituents is 1. The number of aromatic hydroxyl groups is 1. The molecule has 0 radical (unpaired) electrons. The first-order valence-corrected chi connectivity index (χ1v) is 15.9. The van der Waals surface area contributed by atoms with Crippen LogP contribution in [-0.2, 0) is 5.41 Å². The second-order valence-corrected chi connectivity index (χ2v) is 14.8. The average molecular weight is 577 g/mol. The maximum Gasteiger partial charge on any atom is 0.130 e. The Kier molecular flexibility index (Phi) is 6.50. The van der Waals surface area contributed by atoms with Crippen LogP contribution in [0.4, 0.5) is 0 Å². The van der Waals surface area contributed by atoms with E-state index in [1.165, 1.54) is 41.5 Å².